The summed E-state index contributed by atoms with van der Waals surface area (Å²) in [5.41, 5.74) is 3.58. The zero-order chi connectivity index (χ0) is 17.4. The maximum absolute atomic E-state index is 11.8. The van der Waals surface area contributed by atoms with Crippen molar-refractivity contribution in [3.63, 3.8) is 0 Å². The zero-order valence-corrected chi connectivity index (χ0v) is 13.1. The molecule has 0 aliphatic rings. The number of carbonyl (C=O) groups is 1. The van der Waals surface area contributed by atoms with Gasteiger partial charge in [0.25, 0.3) is 11.5 Å². The van der Waals surface area contributed by atoms with Gasteiger partial charge in [-0.15, -0.1) is 0 Å². The van der Waals surface area contributed by atoms with E-state index in [0.29, 0.717) is 11.5 Å². The van der Waals surface area contributed by atoms with Crippen LogP contribution >= 0.6 is 0 Å². The Bertz CT molecular complexity index is 832. The number of carbonyl (C=O) groups excluding carboxylic acids is 1. The number of rotatable bonds is 6. The first kappa shape index (κ1) is 17.0. The molecule has 2 rings (SSSR count). The van der Waals surface area contributed by atoms with Gasteiger partial charge >= 0.3 is 0 Å². The maximum atomic E-state index is 11.8. The van der Waals surface area contributed by atoms with E-state index < -0.39 is 5.91 Å². The lowest BCUT2D eigenvalue weighted by Crippen LogP contribution is -2.29. The van der Waals surface area contributed by atoms with E-state index in [1.165, 1.54) is 10.6 Å². The van der Waals surface area contributed by atoms with Gasteiger partial charge in [0.05, 0.1) is 5.71 Å². The van der Waals surface area contributed by atoms with Crippen molar-refractivity contribution < 1.29 is 9.53 Å². The van der Waals surface area contributed by atoms with Crippen LogP contribution in [-0.2, 0) is 11.3 Å². The van der Waals surface area contributed by atoms with E-state index in [1.54, 1.807) is 49.5 Å². The third-order valence-corrected chi connectivity index (χ3v) is 3.14. The zero-order valence-electron chi connectivity index (χ0n) is 13.1. The van der Waals surface area contributed by atoms with Crippen LogP contribution in [0.3, 0.4) is 0 Å². The van der Waals surface area contributed by atoms with Crippen molar-refractivity contribution in [3.8, 4) is 11.8 Å². The molecule has 7 heteroatoms. The number of ether oxygens (including phenoxy) is 1. The molecule has 1 N–H and O–H groups in total. The van der Waals surface area contributed by atoms with Crippen LogP contribution in [0.2, 0.25) is 0 Å². The van der Waals surface area contributed by atoms with Crippen molar-refractivity contribution in [2.24, 2.45) is 5.10 Å². The van der Waals surface area contributed by atoms with Gasteiger partial charge in [-0.3, -0.25) is 9.59 Å². The number of hydrogen-bond donors (Lipinski definition) is 1. The predicted octanol–water partition coefficient (Wildman–Crippen LogP) is 1.29. The van der Waals surface area contributed by atoms with Crippen molar-refractivity contribution in [3.05, 3.63) is 64.6 Å². The molecule has 0 spiro atoms. The molecule has 7 nitrogen and oxygen atoms in total. The molecule has 0 radical (unpaired) electrons. The van der Waals surface area contributed by atoms with Crippen LogP contribution in [-0.4, -0.2) is 22.8 Å². The summed E-state index contributed by atoms with van der Waals surface area (Å²) in [6.07, 6.45) is 1.54. The Kier molecular flexibility index (Phi) is 5.86. The second-order valence-electron chi connectivity index (χ2n) is 4.87. The average Bonchev–Trinajstić information content (AvgIpc) is 2.60. The van der Waals surface area contributed by atoms with E-state index in [0.717, 1.165) is 5.56 Å². The van der Waals surface area contributed by atoms with E-state index in [9.17, 15) is 9.59 Å². The molecule has 0 saturated carbocycles. The Morgan fingerprint density at radius 1 is 1.29 bits per heavy atom. The molecule has 122 valence electrons. The fourth-order valence-corrected chi connectivity index (χ4v) is 1.90. The van der Waals surface area contributed by atoms with Crippen LogP contribution < -0.4 is 15.7 Å². The topological polar surface area (TPSA) is 96.5 Å². The summed E-state index contributed by atoms with van der Waals surface area (Å²) in [6, 6.07) is 13.6. The summed E-state index contributed by atoms with van der Waals surface area (Å²) in [4.78, 5) is 23.4. The third kappa shape index (κ3) is 4.81. The smallest absolute Gasteiger partial charge is 0.260 e. The molecule has 2 aromatic rings. The average molecular weight is 324 g/mol. The molecule has 1 aromatic carbocycles. The molecule has 1 amide bonds. The monoisotopic (exact) mass is 324 g/mol. The SMILES string of the molecule is C/C(=N/NC(=O)Cn1ccccc1=O)c1ccc(OCC#N)cc1. The van der Waals surface area contributed by atoms with Crippen molar-refractivity contribution in [1.29, 1.82) is 5.26 Å². The van der Waals surface area contributed by atoms with Crippen LogP contribution in [0.15, 0.2) is 58.6 Å². The molecule has 1 aromatic heterocycles. The van der Waals surface area contributed by atoms with E-state index in [1.807, 2.05) is 6.07 Å². The first-order valence-electron chi connectivity index (χ1n) is 7.19. The van der Waals surface area contributed by atoms with Crippen LogP contribution in [0.4, 0.5) is 0 Å². The number of hydrogen-bond acceptors (Lipinski definition) is 5. The number of benzene rings is 1. The number of nitriles is 1. The highest BCUT2D eigenvalue weighted by molar-refractivity contribution is 5.99. The van der Waals surface area contributed by atoms with Gasteiger partial charge in [0.15, 0.2) is 6.61 Å². The summed E-state index contributed by atoms with van der Waals surface area (Å²) in [5.74, 6) is 0.192. The number of hydrazone groups is 1. The van der Waals surface area contributed by atoms with Gasteiger partial charge in [-0.05, 0) is 42.8 Å². The van der Waals surface area contributed by atoms with Gasteiger partial charge in [0, 0.05) is 12.3 Å². The van der Waals surface area contributed by atoms with Crippen LogP contribution in [0.5, 0.6) is 5.75 Å². The van der Waals surface area contributed by atoms with Gasteiger partial charge in [0.2, 0.25) is 0 Å². The number of aromatic nitrogens is 1. The van der Waals surface area contributed by atoms with E-state index in [4.69, 9.17) is 10.00 Å². The third-order valence-electron chi connectivity index (χ3n) is 3.14. The van der Waals surface area contributed by atoms with Crippen LogP contribution in [0.25, 0.3) is 0 Å². The molecule has 0 fully saturated rings. The summed E-state index contributed by atoms with van der Waals surface area (Å²) in [7, 11) is 0. The number of nitrogens with one attached hydrogen (secondary N) is 1. The molecule has 1 heterocycles. The second-order valence-corrected chi connectivity index (χ2v) is 4.87. The van der Waals surface area contributed by atoms with Crippen molar-refractivity contribution in [1.82, 2.24) is 9.99 Å². The molecule has 0 saturated heterocycles. The van der Waals surface area contributed by atoms with Crippen LogP contribution in [0, 0.1) is 11.3 Å². The highest BCUT2D eigenvalue weighted by Gasteiger charge is 2.04. The maximum Gasteiger partial charge on any atom is 0.260 e. The lowest BCUT2D eigenvalue weighted by Gasteiger charge is -2.06. The molecular weight excluding hydrogens is 308 g/mol. The Morgan fingerprint density at radius 3 is 2.71 bits per heavy atom. The lowest BCUT2D eigenvalue weighted by atomic mass is 10.1. The number of pyridine rings is 1. The molecular formula is C17H16N4O3. The molecule has 0 bridgehead atoms. The summed E-state index contributed by atoms with van der Waals surface area (Å²) in [6.45, 7) is 1.64. The lowest BCUT2D eigenvalue weighted by molar-refractivity contribution is -0.121. The standard InChI is InChI=1S/C17H16N4O3/c1-13(14-5-7-15(8-6-14)24-11-9-18)19-20-16(22)12-21-10-3-2-4-17(21)23/h2-8,10H,11-12H2,1H3,(H,20,22)/b19-13-. The minimum atomic E-state index is -0.392. The fourth-order valence-electron chi connectivity index (χ4n) is 1.90. The normalized spacial score (nSPS) is 10.8. The molecule has 24 heavy (non-hydrogen) atoms. The van der Waals surface area contributed by atoms with E-state index in [2.05, 4.69) is 10.5 Å². The van der Waals surface area contributed by atoms with Gasteiger partial charge < -0.3 is 9.30 Å². The van der Waals surface area contributed by atoms with Gasteiger partial charge in [0.1, 0.15) is 18.4 Å². The largest absolute Gasteiger partial charge is 0.479 e. The van der Waals surface area contributed by atoms with Crippen molar-refractivity contribution >= 4 is 11.6 Å². The van der Waals surface area contributed by atoms with Gasteiger partial charge in [-0.1, -0.05) is 6.07 Å². The van der Waals surface area contributed by atoms with Gasteiger partial charge in [-0.2, -0.15) is 10.4 Å². The number of nitrogens with zero attached hydrogens (tertiary/aromatic N) is 3. The quantitative estimate of drug-likeness (QED) is 0.639. The molecule has 0 atom stereocenters. The van der Waals surface area contributed by atoms with Crippen molar-refractivity contribution in [2.75, 3.05) is 6.61 Å². The second kappa shape index (κ2) is 8.29. The Labute approximate surface area is 138 Å². The van der Waals surface area contributed by atoms with Crippen molar-refractivity contribution in [2.45, 2.75) is 13.5 Å². The number of amides is 1. The Balaban J connectivity index is 1.96. The molecule has 0 aliphatic carbocycles. The minimum Gasteiger partial charge on any atom is -0.479 e. The summed E-state index contributed by atoms with van der Waals surface area (Å²) >= 11 is 0. The fraction of sp³-hybridized carbons (Fsp3) is 0.176. The summed E-state index contributed by atoms with van der Waals surface area (Å²) < 4.78 is 6.46. The summed E-state index contributed by atoms with van der Waals surface area (Å²) in [5, 5.41) is 12.5. The van der Waals surface area contributed by atoms with Crippen LogP contribution in [0.1, 0.15) is 12.5 Å². The van der Waals surface area contributed by atoms with E-state index >= 15 is 0 Å². The Hall–Kier alpha value is -3.40. The highest BCUT2D eigenvalue weighted by Crippen LogP contribution is 2.12. The molecule has 0 aliphatic heterocycles. The highest BCUT2D eigenvalue weighted by atomic mass is 16.5. The van der Waals surface area contributed by atoms with E-state index in [-0.39, 0.29) is 18.7 Å². The first-order chi connectivity index (χ1) is 11.6. The minimum absolute atomic E-state index is 0.0126. The first-order valence-corrected chi connectivity index (χ1v) is 7.19. The Morgan fingerprint density at radius 2 is 2.04 bits per heavy atom. The van der Waals surface area contributed by atoms with Gasteiger partial charge in [-0.25, -0.2) is 5.43 Å². The predicted molar refractivity (Wildman–Crippen MR) is 88.6 cm³/mol. The molecule has 0 unspecified atom stereocenters.